The van der Waals surface area contributed by atoms with E-state index in [0.29, 0.717) is 0 Å². The molecule has 0 bridgehead atoms. The second-order valence-corrected chi connectivity index (χ2v) is 2.96. The number of rotatable bonds is 1. The largest absolute Gasteiger partial charge is 0.389 e. The molecule has 0 amide bonds. The van der Waals surface area contributed by atoms with Crippen LogP contribution in [0.4, 0.5) is 13.2 Å². The van der Waals surface area contributed by atoms with Gasteiger partial charge in [-0.3, -0.25) is 0 Å². The molecule has 0 spiro atoms. The lowest BCUT2D eigenvalue weighted by atomic mass is 10.1. The lowest BCUT2D eigenvalue weighted by Crippen LogP contribution is -2.14. The fraction of sp³-hybridized carbons (Fsp3) is 0.125. The molecule has 0 saturated carbocycles. The summed E-state index contributed by atoms with van der Waals surface area (Å²) in [6, 6.07) is 0.788. The third kappa shape index (κ3) is 1.65. The molecule has 1 aromatic rings. The Morgan fingerprint density at radius 1 is 1.31 bits per heavy atom. The van der Waals surface area contributed by atoms with Crippen molar-refractivity contribution in [1.82, 2.24) is 0 Å². The van der Waals surface area contributed by atoms with Crippen molar-refractivity contribution >= 4 is 17.2 Å². The molecule has 1 aromatic carbocycles. The van der Waals surface area contributed by atoms with E-state index in [-0.39, 0.29) is 10.6 Å². The van der Waals surface area contributed by atoms with Crippen LogP contribution in [0.2, 0.25) is 0 Å². The van der Waals surface area contributed by atoms with Gasteiger partial charge in [-0.2, -0.15) is 0 Å². The van der Waals surface area contributed by atoms with E-state index in [0.717, 1.165) is 13.0 Å². The van der Waals surface area contributed by atoms with Crippen LogP contribution in [0.5, 0.6) is 0 Å². The van der Waals surface area contributed by atoms with Crippen LogP contribution < -0.4 is 5.73 Å². The fourth-order valence-corrected chi connectivity index (χ4v) is 1.01. The molecule has 13 heavy (non-hydrogen) atoms. The number of halogens is 3. The molecule has 1 rings (SSSR count). The summed E-state index contributed by atoms with van der Waals surface area (Å²) in [6.07, 6.45) is 0. The van der Waals surface area contributed by atoms with Gasteiger partial charge in [-0.05, 0) is 13.0 Å². The molecular weight excluding hydrogens is 199 g/mol. The number of benzene rings is 1. The van der Waals surface area contributed by atoms with Gasteiger partial charge in [0.2, 0.25) is 0 Å². The second-order valence-electron chi connectivity index (χ2n) is 2.52. The van der Waals surface area contributed by atoms with Gasteiger partial charge in [0, 0.05) is 5.56 Å². The molecule has 5 heteroatoms. The molecule has 0 unspecified atom stereocenters. The molecule has 0 radical (unpaired) electrons. The summed E-state index contributed by atoms with van der Waals surface area (Å²) in [5.41, 5.74) is 4.28. The summed E-state index contributed by atoms with van der Waals surface area (Å²) in [5.74, 6) is -3.31. The van der Waals surface area contributed by atoms with Gasteiger partial charge < -0.3 is 5.73 Å². The van der Waals surface area contributed by atoms with Crippen molar-refractivity contribution in [3.8, 4) is 0 Å². The standard InChI is InChI=1S/C8H6F3NS/c1-3-5(9)2-4(8(12)13)7(11)6(3)10/h2H,1H3,(H2,12,13). The summed E-state index contributed by atoms with van der Waals surface area (Å²) in [5, 5.41) is 0. The Morgan fingerprint density at radius 3 is 2.31 bits per heavy atom. The van der Waals surface area contributed by atoms with Gasteiger partial charge in [-0.25, -0.2) is 13.2 Å². The van der Waals surface area contributed by atoms with E-state index < -0.39 is 23.0 Å². The molecule has 1 nitrogen and oxygen atoms in total. The van der Waals surface area contributed by atoms with Crippen molar-refractivity contribution in [3.05, 3.63) is 34.6 Å². The van der Waals surface area contributed by atoms with Crippen LogP contribution in [-0.4, -0.2) is 4.99 Å². The van der Waals surface area contributed by atoms with Gasteiger partial charge in [-0.1, -0.05) is 12.2 Å². The minimum Gasteiger partial charge on any atom is -0.389 e. The molecule has 0 atom stereocenters. The average molecular weight is 205 g/mol. The zero-order valence-electron chi connectivity index (χ0n) is 6.70. The van der Waals surface area contributed by atoms with E-state index in [1.165, 1.54) is 0 Å². The quantitative estimate of drug-likeness (QED) is 0.561. The highest BCUT2D eigenvalue weighted by Crippen LogP contribution is 2.18. The Bertz CT molecular complexity index is 376. The molecule has 2 N–H and O–H groups in total. The maximum atomic E-state index is 13.0. The minimum atomic E-state index is -1.25. The predicted molar refractivity (Wildman–Crippen MR) is 46.9 cm³/mol. The number of thiocarbonyl (C=S) groups is 1. The molecule has 0 aliphatic rings. The first-order valence-corrected chi connectivity index (χ1v) is 3.80. The third-order valence-electron chi connectivity index (χ3n) is 1.65. The predicted octanol–water partition coefficient (Wildman–Crippen LogP) is 2.05. The summed E-state index contributed by atoms with van der Waals surface area (Å²) in [6.45, 7) is 1.14. The number of hydrogen-bond acceptors (Lipinski definition) is 1. The average Bonchev–Trinajstić information content (AvgIpc) is 2.07. The first-order valence-electron chi connectivity index (χ1n) is 3.39. The van der Waals surface area contributed by atoms with Gasteiger partial charge in [0.25, 0.3) is 0 Å². The monoisotopic (exact) mass is 205 g/mol. The van der Waals surface area contributed by atoms with Crippen molar-refractivity contribution in [3.63, 3.8) is 0 Å². The molecule has 70 valence electrons. The van der Waals surface area contributed by atoms with Crippen LogP contribution in [0.15, 0.2) is 6.07 Å². The Balaban J connectivity index is 3.50. The Kier molecular flexibility index (Phi) is 2.56. The summed E-state index contributed by atoms with van der Waals surface area (Å²) in [7, 11) is 0. The first kappa shape index (κ1) is 9.98. The van der Waals surface area contributed by atoms with Crippen LogP contribution in [0.1, 0.15) is 11.1 Å². The molecule has 0 heterocycles. The highest BCUT2D eigenvalue weighted by atomic mass is 32.1. The first-order chi connectivity index (χ1) is 5.95. The highest BCUT2D eigenvalue weighted by molar-refractivity contribution is 7.80. The summed E-state index contributed by atoms with van der Waals surface area (Å²) in [4.78, 5) is -0.365. The Labute approximate surface area is 78.4 Å². The maximum absolute atomic E-state index is 13.0. The fourth-order valence-electron chi connectivity index (χ4n) is 0.865. The van der Waals surface area contributed by atoms with Crippen LogP contribution in [0.25, 0.3) is 0 Å². The van der Waals surface area contributed by atoms with E-state index in [1.807, 2.05) is 0 Å². The Hall–Kier alpha value is -1.10. The molecule has 0 aliphatic heterocycles. The lowest BCUT2D eigenvalue weighted by molar-refractivity contribution is 0.485. The van der Waals surface area contributed by atoms with Gasteiger partial charge in [0.1, 0.15) is 10.8 Å². The van der Waals surface area contributed by atoms with Gasteiger partial charge >= 0.3 is 0 Å². The molecule has 0 aromatic heterocycles. The Morgan fingerprint density at radius 2 is 1.85 bits per heavy atom. The number of hydrogen-bond donors (Lipinski definition) is 1. The smallest absolute Gasteiger partial charge is 0.169 e. The van der Waals surface area contributed by atoms with Crippen molar-refractivity contribution in [1.29, 1.82) is 0 Å². The number of nitrogens with two attached hydrogens (primary N) is 1. The van der Waals surface area contributed by atoms with Crippen LogP contribution in [0.3, 0.4) is 0 Å². The normalized spacial score (nSPS) is 10.2. The van der Waals surface area contributed by atoms with Crippen molar-refractivity contribution in [2.24, 2.45) is 5.73 Å². The topological polar surface area (TPSA) is 26.0 Å². The van der Waals surface area contributed by atoms with E-state index in [1.54, 1.807) is 0 Å². The zero-order chi connectivity index (χ0) is 10.2. The van der Waals surface area contributed by atoms with Crippen molar-refractivity contribution in [2.75, 3.05) is 0 Å². The van der Waals surface area contributed by atoms with Crippen LogP contribution in [-0.2, 0) is 0 Å². The molecule has 0 aliphatic carbocycles. The second kappa shape index (κ2) is 3.33. The van der Waals surface area contributed by atoms with Crippen LogP contribution in [0, 0.1) is 24.4 Å². The molecule has 0 fully saturated rings. The van der Waals surface area contributed by atoms with E-state index in [9.17, 15) is 13.2 Å². The van der Waals surface area contributed by atoms with Gasteiger partial charge in [0.05, 0.1) is 5.56 Å². The minimum absolute atomic E-state index is 0.365. The van der Waals surface area contributed by atoms with Crippen LogP contribution >= 0.6 is 12.2 Å². The van der Waals surface area contributed by atoms with Gasteiger partial charge in [-0.15, -0.1) is 0 Å². The summed E-state index contributed by atoms with van der Waals surface area (Å²) < 4.78 is 38.7. The van der Waals surface area contributed by atoms with Crippen molar-refractivity contribution in [2.45, 2.75) is 6.92 Å². The van der Waals surface area contributed by atoms with E-state index in [2.05, 4.69) is 12.2 Å². The van der Waals surface area contributed by atoms with E-state index in [4.69, 9.17) is 5.73 Å². The zero-order valence-corrected chi connectivity index (χ0v) is 7.51. The van der Waals surface area contributed by atoms with Crippen molar-refractivity contribution < 1.29 is 13.2 Å². The lowest BCUT2D eigenvalue weighted by Gasteiger charge is -2.05. The molecule has 0 saturated heterocycles. The van der Waals surface area contributed by atoms with Gasteiger partial charge in [0.15, 0.2) is 11.6 Å². The third-order valence-corrected chi connectivity index (χ3v) is 1.87. The highest BCUT2D eigenvalue weighted by Gasteiger charge is 2.16. The maximum Gasteiger partial charge on any atom is 0.169 e. The summed E-state index contributed by atoms with van der Waals surface area (Å²) >= 11 is 4.42. The SMILES string of the molecule is Cc1c(F)cc(C(N)=S)c(F)c1F. The molecular formula is C8H6F3NS. The van der Waals surface area contributed by atoms with E-state index >= 15 is 0 Å².